The highest BCUT2D eigenvalue weighted by atomic mass is 19.4. The molecule has 0 saturated heterocycles. The van der Waals surface area contributed by atoms with Crippen LogP contribution in [0.15, 0.2) is 42.5 Å². The van der Waals surface area contributed by atoms with Crippen molar-refractivity contribution in [2.45, 2.75) is 90.1 Å². The van der Waals surface area contributed by atoms with Gasteiger partial charge in [-0.25, -0.2) is 4.39 Å². The number of benzene rings is 2. The van der Waals surface area contributed by atoms with Gasteiger partial charge in [-0.15, -0.1) is 0 Å². The predicted octanol–water partition coefficient (Wildman–Crippen LogP) is 10.4. The topological polar surface area (TPSA) is 0 Å². The monoisotopic (exact) mass is 486 g/mol. The standard InChI is InChI=1S/C31H38F4/c1-3-4-22-9-12-24(13-10-22)25-15-17-26(18-16-25)28-20-19-27(29(30(28)32)31(33,34)35)14-11-23-7-5-21(2)6-8-23/h11,14-24H,3-10,12-13H2,1-2H3/b14-11+. The summed E-state index contributed by atoms with van der Waals surface area (Å²) in [5, 5.41) is 0. The van der Waals surface area contributed by atoms with Gasteiger partial charge in [0.15, 0.2) is 0 Å². The zero-order chi connectivity index (χ0) is 25.0. The molecule has 4 rings (SSSR count). The molecule has 2 aromatic carbocycles. The summed E-state index contributed by atoms with van der Waals surface area (Å²) in [6, 6.07) is 10.4. The molecule has 0 unspecified atom stereocenters. The second kappa shape index (κ2) is 11.3. The molecule has 0 bridgehead atoms. The molecular formula is C31H38F4. The molecule has 0 spiro atoms. The molecule has 2 aromatic rings. The predicted molar refractivity (Wildman–Crippen MR) is 137 cm³/mol. The van der Waals surface area contributed by atoms with Crippen LogP contribution in [-0.2, 0) is 6.18 Å². The van der Waals surface area contributed by atoms with Crippen molar-refractivity contribution in [3.05, 3.63) is 65.0 Å². The highest BCUT2D eigenvalue weighted by Crippen LogP contribution is 2.41. The molecule has 0 heterocycles. The van der Waals surface area contributed by atoms with Crippen LogP contribution in [0, 0.1) is 23.6 Å². The molecule has 0 nitrogen and oxygen atoms in total. The van der Waals surface area contributed by atoms with Crippen LogP contribution in [-0.4, -0.2) is 0 Å². The second-order valence-electron chi connectivity index (χ2n) is 10.9. The van der Waals surface area contributed by atoms with Gasteiger partial charge in [0.2, 0.25) is 0 Å². The van der Waals surface area contributed by atoms with E-state index in [1.807, 2.05) is 18.2 Å². The van der Waals surface area contributed by atoms with Crippen molar-refractivity contribution < 1.29 is 17.6 Å². The molecule has 0 radical (unpaired) electrons. The van der Waals surface area contributed by atoms with E-state index < -0.39 is 17.6 Å². The molecule has 0 amide bonds. The van der Waals surface area contributed by atoms with Crippen molar-refractivity contribution in [1.82, 2.24) is 0 Å². The second-order valence-corrected chi connectivity index (χ2v) is 10.9. The van der Waals surface area contributed by atoms with Gasteiger partial charge in [0.1, 0.15) is 5.82 Å². The highest BCUT2D eigenvalue weighted by Gasteiger charge is 2.37. The van der Waals surface area contributed by atoms with Gasteiger partial charge in [0, 0.05) is 5.56 Å². The Morgan fingerprint density at radius 3 is 2.11 bits per heavy atom. The van der Waals surface area contributed by atoms with E-state index in [9.17, 15) is 13.2 Å². The first kappa shape index (κ1) is 26.0. The van der Waals surface area contributed by atoms with Gasteiger partial charge < -0.3 is 0 Å². The first-order valence-corrected chi connectivity index (χ1v) is 13.4. The number of rotatable bonds is 6. The Hall–Kier alpha value is -2.10. The van der Waals surface area contributed by atoms with Crippen LogP contribution in [0.2, 0.25) is 0 Å². The molecule has 0 N–H and O–H groups in total. The van der Waals surface area contributed by atoms with Crippen LogP contribution >= 0.6 is 0 Å². The minimum atomic E-state index is -4.75. The lowest BCUT2D eigenvalue weighted by Crippen LogP contribution is -2.13. The Morgan fingerprint density at radius 2 is 1.51 bits per heavy atom. The highest BCUT2D eigenvalue weighted by molar-refractivity contribution is 5.69. The quantitative estimate of drug-likeness (QED) is 0.356. The van der Waals surface area contributed by atoms with E-state index in [4.69, 9.17) is 0 Å². The number of halogens is 4. The summed E-state index contributed by atoms with van der Waals surface area (Å²) in [7, 11) is 0. The van der Waals surface area contributed by atoms with E-state index in [1.165, 1.54) is 49.5 Å². The molecule has 2 fully saturated rings. The van der Waals surface area contributed by atoms with Crippen LogP contribution in [0.5, 0.6) is 0 Å². The smallest absolute Gasteiger partial charge is 0.206 e. The lowest BCUT2D eigenvalue weighted by atomic mass is 9.77. The van der Waals surface area contributed by atoms with Gasteiger partial charge in [-0.2, -0.15) is 13.2 Å². The fourth-order valence-electron chi connectivity index (χ4n) is 6.09. The normalized spacial score (nSPS) is 25.8. The van der Waals surface area contributed by atoms with Gasteiger partial charge >= 0.3 is 6.18 Å². The number of allylic oxidation sites excluding steroid dienone is 1. The minimum Gasteiger partial charge on any atom is -0.206 e. The first-order valence-electron chi connectivity index (χ1n) is 13.4. The molecule has 4 heteroatoms. The van der Waals surface area contributed by atoms with E-state index >= 15 is 4.39 Å². The van der Waals surface area contributed by atoms with Crippen molar-refractivity contribution in [2.24, 2.45) is 17.8 Å². The summed E-state index contributed by atoms with van der Waals surface area (Å²) in [4.78, 5) is 0. The number of hydrogen-bond acceptors (Lipinski definition) is 0. The zero-order valence-electron chi connectivity index (χ0n) is 21.0. The van der Waals surface area contributed by atoms with Crippen molar-refractivity contribution in [3.63, 3.8) is 0 Å². The molecule has 2 saturated carbocycles. The maximum Gasteiger partial charge on any atom is 0.419 e. The molecule has 0 aromatic heterocycles. The van der Waals surface area contributed by atoms with Crippen LogP contribution < -0.4 is 0 Å². The summed E-state index contributed by atoms with van der Waals surface area (Å²) in [6.45, 7) is 4.44. The average molecular weight is 487 g/mol. The van der Waals surface area contributed by atoms with Crippen molar-refractivity contribution in [2.75, 3.05) is 0 Å². The SMILES string of the molecule is CCCC1CCC(c2ccc(-c3ccc(/C=C/C4CCC(C)CC4)c(C(F)(F)F)c3F)cc2)CC1. The Labute approximate surface area is 207 Å². The van der Waals surface area contributed by atoms with Gasteiger partial charge in [-0.1, -0.05) is 88.1 Å². The Kier molecular flexibility index (Phi) is 8.39. The fourth-order valence-corrected chi connectivity index (χ4v) is 6.09. The molecule has 0 aliphatic heterocycles. The van der Waals surface area contributed by atoms with Gasteiger partial charge in [-0.05, 0) is 78.9 Å². The zero-order valence-corrected chi connectivity index (χ0v) is 21.0. The van der Waals surface area contributed by atoms with Crippen LogP contribution in [0.3, 0.4) is 0 Å². The summed E-state index contributed by atoms with van der Waals surface area (Å²) < 4.78 is 57.2. The van der Waals surface area contributed by atoms with Crippen LogP contribution in [0.4, 0.5) is 17.6 Å². The minimum absolute atomic E-state index is 0.0131. The lowest BCUT2D eigenvalue weighted by Gasteiger charge is -2.28. The third-order valence-corrected chi connectivity index (χ3v) is 8.30. The van der Waals surface area contributed by atoms with Gasteiger partial charge in [-0.3, -0.25) is 0 Å². The molecule has 2 aliphatic rings. The van der Waals surface area contributed by atoms with Crippen molar-refractivity contribution in [3.8, 4) is 11.1 Å². The number of hydrogen-bond donors (Lipinski definition) is 0. The third kappa shape index (κ3) is 6.37. The molecular weight excluding hydrogens is 448 g/mol. The van der Waals surface area contributed by atoms with E-state index in [0.717, 1.165) is 44.4 Å². The van der Waals surface area contributed by atoms with Crippen molar-refractivity contribution in [1.29, 1.82) is 0 Å². The summed E-state index contributed by atoms with van der Waals surface area (Å²) in [5.41, 5.74) is 0.473. The Morgan fingerprint density at radius 1 is 0.857 bits per heavy atom. The molecule has 190 valence electrons. The van der Waals surface area contributed by atoms with E-state index in [0.29, 0.717) is 17.4 Å². The van der Waals surface area contributed by atoms with E-state index in [1.54, 1.807) is 12.1 Å². The Bertz CT molecular complexity index is 986. The molecule has 0 atom stereocenters. The maximum absolute atomic E-state index is 15.3. The third-order valence-electron chi connectivity index (χ3n) is 8.30. The van der Waals surface area contributed by atoms with Gasteiger partial charge in [0.05, 0.1) is 5.56 Å². The Balaban J connectivity index is 1.54. The van der Waals surface area contributed by atoms with E-state index in [-0.39, 0.29) is 17.0 Å². The van der Waals surface area contributed by atoms with E-state index in [2.05, 4.69) is 13.8 Å². The molecule has 35 heavy (non-hydrogen) atoms. The number of alkyl halides is 3. The maximum atomic E-state index is 15.3. The summed E-state index contributed by atoms with van der Waals surface area (Å²) in [5.74, 6) is 1.07. The molecule has 2 aliphatic carbocycles. The van der Waals surface area contributed by atoms with Crippen molar-refractivity contribution >= 4 is 6.08 Å². The van der Waals surface area contributed by atoms with Crippen LogP contribution in [0.1, 0.15) is 101 Å². The van der Waals surface area contributed by atoms with Gasteiger partial charge in [0.25, 0.3) is 0 Å². The largest absolute Gasteiger partial charge is 0.419 e. The first-order chi connectivity index (χ1) is 16.8. The van der Waals surface area contributed by atoms with Crippen LogP contribution in [0.25, 0.3) is 17.2 Å². The fraction of sp³-hybridized carbons (Fsp3) is 0.548. The summed E-state index contributed by atoms with van der Waals surface area (Å²) in [6.07, 6.45) is 9.99. The summed E-state index contributed by atoms with van der Waals surface area (Å²) >= 11 is 0. The average Bonchev–Trinajstić information content (AvgIpc) is 2.84. The lowest BCUT2D eigenvalue weighted by molar-refractivity contribution is -0.140.